The fourth-order valence-corrected chi connectivity index (χ4v) is 3.89. The van der Waals surface area contributed by atoms with Crippen molar-refractivity contribution in [2.45, 2.75) is 17.3 Å². The van der Waals surface area contributed by atoms with Crippen molar-refractivity contribution in [2.75, 3.05) is 43.1 Å². The molecule has 0 spiro atoms. The molecule has 1 fully saturated rings. The number of morpholine rings is 1. The second kappa shape index (κ2) is 10.3. The molecule has 0 aromatic heterocycles. The molecule has 2 aromatic carbocycles. The van der Waals surface area contributed by atoms with Crippen LogP contribution in [0.5, 0.6) is 0 Å². The van der Waals surface area contributed by atoms with Crippen LogP contribution in [-0.4, -0.2) is 53.7 Å². The summed E-state index contributed by atoms with van der Waals surface area (Å²) in [4.78, 5) is 6.88. The van der Waals surface area contributed by atoms with Crippen LogP contribution in [0.25, 0.3) is 0 Å². The summed E-state index contributed by atoms with van der Waals surface area (Å²) in [6, 6.07) is 15.2. The van der Waals surface area contributed by atoms with Crippen LogP contribution in [-0.2, 0) is 4.74 Å². The number of benzene rings is 2. The van der Waals surface area contributed by atoms with E-state index in [4.69, 9.17) is 4.74 Å². The highest BCUT2D eigenvalue weighted by Crippen LogP contribution is 2.26. The molecule has 0 radical (unpaired) electrons. The van der Waals surface area contributed by atoms with Gasteiger partial charge in [-0.25, -0.2) is 0 Å². The Morgan fingerprint density at radius 1 is 1.00 bits per heavy atom. The Balaban J connectivity index is 1.42. The van der Waals surface area contributed by atoms with Gasteiger partial charge >= 0.3 is 0 Å². The van der Waals surface area contributed by atoms with Crippen molar-refractivity contribution in [3.8, 4) is 0 Å². The highest BCUT2D eigenvalue weighted by molar-refractivity contribution is 9.09. The standard InChI is InChI=1S/C23H27BrN4O3/c24-17-7-10-21(25-15-17)27-23(30)19-3-1-2-4-20(19)26-22(29)16-5-8-18(9-6-16)28-11-13-31-14-12-28/h1-10,17,22-23,26,29-30H,11-15H2,(H,25,27). The van der Waals surface area contributed by atoms with Gasteiger partial charge in [-0.15, -0.1) is 0 Å². The highest BCUT2D eigenvalue weighted by Gasteiger charge is 2.17. The normalized spacial score (nSPS) is 20.7. The fraction of sp³-hybridized carbons (Fsp3) is 0.348. The minimum absolute atomic E-state index is 0.217. The van der Waals surface area contributed by atoms with Crippen LogP contribution in [0.2, 0.25) is 0 Å². The van der Waals surface area contributed by atoms with Crippen molar-refractivity contribution in [1.29, 1.82) is 0 Å². The van der Waals surface area contributed by atoms with E-state index in [1.807, 2.05) is 60.7 Å². The number of hydrogen-bond donors (Lipinski definition) is 4. The topological polar surface area (TPSA) is 89.3 Å². The molecular weight excluding hydrogens is 460 g/mol. The summed E-state index contributed by atoms with van der Waals surface area (Å²) in [5, 5.41) is 27.6. The molecule has 8 heteroatoms. The van der Waals surface area contributed by atoms with Crippen LogP contribution in [0.4, 0.5) is 11.4 Å². The van der Waals surface area contributed by atoms with Crippen molar-refractivity contribution >= 4 is 33.1 Å². The maximum Gasteiger partial charge on any atom is 0.153 e. The van der Waals surface area contributed by atoms with Crippen LogP contribution in [0.3, 0.4) is 0 Å². The molecule has 0 aliphatic carbocycles. The van der Waals surface area contributed by atoms with Crippen molar-refractivity contribution in [2.24, 2.45) is 4.99 Å². The van der Waals surface area contributed by atoms with Crippen LogP contribution in [0.1, 0.15) is 23.6 Å². The summed E-state index contributed by atoms with van der Waals surface area (Å²) >= 11 is 3.48. The number of nitrogens with one attached hydrogen (secondary N) is 2. The number of rotatable bonds is 6. The maximum atomic E-state index is 10.7. The van der Waals surface area contributed by atoms with Crippen molar-refractivity contribution in [3.63, 3.8) is 0 Å². The van der Waals surface area contributed by atoms with Gasteiger partial charge in [-0.3, -0.25) is 4.99 Å². The monoisotopic (exact) mass is 486 g/mol. The first-order chi connectivity index (χ1) is 15.1. The number of ether oxygens (including phenoxy) is 1. The Kier molecular flexibility index (Phi) is 7.24. The number of anilines is 2. The van der Waals surface area contributed by atoms with Gasteiger partial charge in [0.2, 0.25) is 0 Å². The summed E-state index contributed by atoms with van der Waals surface area (Å²) in [5.74, 6) is 0.622. The third kappa shape index (κ3) is 5.65. The van der Waals surface area contributed by atoms with Gasteiger partial charge in [0, 0.05) is 35.6 Å². The Labute approximate surface area is 190 Å². The van der Waals surface area contributed by atoms with Crippen molar-refractivity contribution in [1.82, 2.24) is 5.32 Å². The second-order valence-electron chi connectivity index (χ2n) is 7.47. The van der Waals surface area contributed by atoms with Gasteiger partial charge in [0.25, 0.3) is 0 Å². The highest BCUT2D eigenvalue weighted by atomic mass is 79.9. The second-order valence-corrected chi connectivity index (χ2v) is 8.65. The quantitative estimate of drug-likeness (QED) is 0.370. The molecule has 4 N–H and O–H groups in total. The molecule has 2 aliphatic heterocycles. The number of para-hydroxylation sites is 1. The molecule has 3 atom stereocenters. The molecule has 3 unspecified atom stereocenters. The van der Waals surface area contributed by atoms with Crippen molar-refractivity contribution in [3.05, 3.63) is 71.8 Å². The van der Waals surface area contributed by atoms with Gasteiger partial charge in [-0.2, -0.15) is 0 Å². The lowest BCUT2D eigenvalue weighted by atomic mass is 10.1. The Morgan fingerprint density at radius 2 is 1.74 bits per heavy atom. The summed E-state index contributed by atoms with van der Waals surface area (Å²) in [5.41, 5.74) is 3.14. The van der Waals surface area contributed by atoms with Gasteiger partial charge in [0.05, 0.1) is 24.6 Å². The summed E-state index contributed by atoms with van der Waals surface area (Å²) in [6.07, 6.45) is 1.95. The molecule has 0 amide bonds. The van der Waals surface area contributed by atoms with Crippen molar-refractivity contribution < 1.29 is 14.9 Å². The zero-order valence-electron chi connectivity index (χ0n) is 17.1. The fourth-order valence-electron chi connectivity index (χ4n) is 3.59. The molecule has 2 heterocycles. The molecule has 164 valence electrons. The summed E-state index contributed by atoms with van der Waals surface area (Å²) in [7, 11) is 0. The summed E-state index contributed by atoms with van der Waals surface area (Å²) < 4.78 is 5.40. The van der Waals surface area contributed by atoms with E-state index < -0.39 is 12.5 Å². The predicted octanol–water partition coefficient (Wildman–Crippen LogP) is 2.94. The lowest BCUT2D eigenvalue weighted by Crippen LogP contribution is -2.36. The molecule has 0 saturated carbocycles. The largest absolute Gasteiger partial charge is 0.378 e. The smallest absolute Gasteiger partial charge is 0.153 e. The Bertz CT molecular complexity index is 929. The average molecular weight is 487 g/mol. The van der Waals surface area contributed by atoms with Crippen LogP contribution >= 0.6 is 15.9 Å². The number of nitrogens with zero attached hydrogens (tertiary/aromatic N) is 2. The lowest BCUT2D eigenvalue weighted by Gasteiger charge is -2.29. The molecular formula is C23H27BrN4O3. The first-order valence-corrected chi connectivity index (χ1v) is 11.3. The molecule has 4 rings (SSSR count). The minimum atomic E-state index is -0.963. The van der Waals surface area contributed by atoms with Crippen LogP contribution < -0.4 is 15.5 Å². The number of hydrogen-bond acceptors (Lipinski definition) is 7. The molecule has 0 bridgehead atoms. The summed E-state index contributed by atoms with van der Waals surface area (Å²) in [6.45, 7) is 3.82. The number of alkyl halides is 1. The van der Waals surface area contributed by atoms with E-state index in [1.54, 1.807) is 0 Å². The molecule has 2 aromatic rings. The average Bonchev–Trinajstić information content (AvgIpc) is 2.81. The zero-order chi connectivity index (χ0) is 21.6. The van der Waals surface area contributed by atoms with Gasteiger partial charge < -0.3 is 30.5 Å². The van der Waals surface area contributed by atoms with Gasteiger partial charge in [-0.1, -0.05) is 52.3 Å². The Morgan fingerprint density at radius 3 is 2.45 bits per heavy atom. The van der Waals surface area contributed by atoms with E-state index in [-0.39, 0.29) is 4.83 Å². The van der Waals surface area contributed by atoms with E-state index in [0.29, 0.717) is 23.6 Å². The third-order valence-electron chi connectivity index (χ3n) is 5.32. The maximum absolute atomic E-state index is 10.7. The van der Waals surface area contributed by atoms with Gasteiger partial charge in [-0.05, 0) is 24.3 Å². The minimum Gasteiger partial charge on any atom is -0.378 e. The molecule has 2 aliphatic rings. The van der Waals surface area contributed by atoms with E-state index in [9.17, 15) is 10.2 Å². The number of aliphatic hydroxyl groups is 2. The third-order valence-corrected chi connectivity index (χ3v) is 5.91. The number of amidine groups is 1. The first-order valence-electron chi connectivity index (χ1n) is 10.4. The van der Waals surface area contributed by atoms with E-state index in [1.165, 1.54) is 0 Å². The van der Waals surface area contributed by atoms with E-state index in [0.717, 1.165) is 37.6 Å². The van der Waals surface area contributed by atoms with Crippen LogP contribution in [0, 0.1) is 0 Å². The molecule has 7 nitrogen and oxygen atoms in total. The number of dihydropyridines is 1. The molecule has 31 heavy (non-hydrogen) atoms. The van der Waals surface area contributed by atoms with Gasteiger partial charge in [0.15, 0.2) is 12.5 Å². The zero-order valence-corrected chi connectivity index (χ0v) is 18.7. The lowest BCUT2D eigenvalue weighted by molar-refractivity contribution is 0.122. The number of halogens is 1. The SMILES string of the molecule is OC(Nc1ccccc1C(O)NC1=NCC(Br)C=C1)c1ccc(N2CCOCC2)cc1. The predicted molar refractivity (Wildman–Crippen MR) is 127 cm³/mol. The Hall–Kier alpha value is -2.39. The van der Waals surface area contributed by atoms with Gasteiger partial charge in [0.1, 0.15) is 5.84 Å². The van der Waals surface area contributed by atoms with Crippen LogP contribution in [0.15, 0.2) is 65.7 Å². The number of aliphatic imine (C=N–C) groups is 1. The van der Waals surface area contributed by atoms with E-state index >= 15 is 0 Å². The number of aliphatic hydroxyl groups excluding tert-OH is 2. The van der Waals surface area contributed by atoms with E-state index in [2.05, 4.69) is 36.5 Å². The first kappa shape index (κ1) is 21.8. The molecule has 1 saturated heterocycles.